The van der Waals surface area contributed by atoms with Gasteiger partial charge in [0.1, 0.15) is 0 Å². The van der Waals surface area contributed by atoms with Crippen LogP contribution in [0.2, 0.25) is 0 Å². The first kappa shape index (κ1) is 13.8. The summed E-state index contributed by atoms with van der Waals surface area (Å²) in [7, 11) is 1.99. The molecule has 2 aromatic rings. The molecule has 0 spiro atoms. The van der Waals surface area contributed by atoms with Crippen LogP contribution in [-0.4, -0.2) is 41.1 Å². The molecule has 2 atom stereocenters. The van der Waals surface area contributed by atoms with E-state index in [2.05, 4.69) is 16.3 Å². The molecular formula is C18H23N3O. The van der Waals surface area contributed by atoms with Gasteiger partial charge in [-0.05, 0) is 44.3 Å². The van der Waals surface area contributed by atoms with Gasteiger partial charge in [0.25, 0.3) is 5.91 Å². The van der Waals surface area contributed by atoms with Crippen LogP contribution in [0.5, 0.6) is 0 Å². The number of para-hydroxylation sites is 1. The Labute approximate surface area is 131 Å². The fraction of sp³-hybridized carbons (Fsp3) is 0.500. The molecule has 0 aliphatic carbocycles. The molecule has 2 saturated heterocycles. The first-order chi connectivity index (χ1) is 10.7. The highest BCUT2D eigenvalue weighted by molar-refractivity contribution is 6.06. The second-order valence-electron chi connectivity index (χ2n) is 6.68. The predicted octanol–water partition coefficient (Wildman–Crippen LogP) is 2.39. The molecule has 1 aromatic heterocycles. The van der Waals surface area contributed by atoms with Crippen LogP contribution in [-0.2, 0) is 7.05 Å². The van der Waals surface area contributed by atoms with E-state index in [9.17, 15) is 4.79 Å². The fourth-order valence-electron chi connectivity index (χ4n) is 4.27. The highest BCUT2D eigenvalue weighted by Crippen LogP contribution is 2.32. The van der Waals surface area contributed by atoms with Crippen LogP contribution in [0.4, 0.5) is 0 Å². The number of amides is 1. The minimum Gasteiger partial charge on any atom is -0.352 e. The smallest absolute Gasteiger partial charge is 0.253 e. The summed E-state index contributed by atoms with van der Waals surface area (Å²) in [5, 5.41) is 4.22. The van der Waals surface area contributed by atoms with Crippen molar-refractivity contribution in [2.24, 2.45) is 13.0 Å². The molecule has 2 aliphatic rings. The average Bonchev–Trinajstić information content (AvgIpc) is 3.21. The lowest BCUT2D eigenvalue weighted by Gasteiger charge is -2.20. The highest BCUT2D eigenvalue weighted by Gasteiger charge is 2.37. The highest BCUT2D eigenvalue weighted by atomic mass is 16.1. The number of hydrogen-bond donors (Lipinski definition) is 1. The summed E-state index contributed by atoms with van der Waals surface area (Å²) in [4.78, 5) is 15.2. The lowest BCUT2D eigenvalue weighted by atomic mass is 9.98. The van der Waals surface area contributed by atoms with Crippen LogP contribution in [0, 0.1) is 5.92 Å². The zero-order valence-electron chi connectivity index (χ0n) is 13.1. The van der Waals surface area contributed by atoms with Crippen molar-refractivity contribution >= 4 is 16.8 Å². The van der Waals surface area contributed by atoms with Gasteiger partial charge in [-0.2, -0.15) is 0 Å². The number of fused-ring (bicyclic) bond motifs is 2. The van der Waals surface area contributed by atoms with Crippen LogP contribution >= 0.6 is 0 Å². The third-order valence-electron chi connectivity index (χ3n) is 5.41. The van der Waals surface area contributed by atoms with Crippen molar-refractivity contribution in [3.8, 4) is 0 Å². The zero-order chi connectivity index (χ0) is 15.1. The van der Waals surface area contributed by atoms with Crippen LogP contribution in [0.15, 0.2) is 30.5 Å². The molecule has 3 heterocycles. The summed E-state index contributed by atoms with van der Waals surface area (Å²) in [5.41, 5.74) is 1.90. The van der Waals surface area contributed by atoms with Gasteiger partial charge in [0, 0.05) is 36.7 Å². The van der Waals surface area contributed by atoms with E-state index in [0.717, 1.165) is 23.0 Å². The Hall–Kier alpha value is -1.81. The number of rotatable bonds is 3. The van der Waals surface area contributed by atoms with Crippen LogP contribution < -0.4 is 5.32 Å². The number of hydrogen-bond acceptors (Lipinski definition) is 2. The van der Waals surface area contributed by atoms with Crippen molar-refractivity contribution < 1.29 is 4.79 Å². The van der Waals surface area contributed by atoms with Gasteiger partial charge in [-0.25, -0.2) is 0 Å². The number of nitrogens with one attached hydrogen (secondary N) is 1. The summed E-state index contributed by atoms with van der Waals surface area (Å²) in [5.74, 6) is 0.690. The molecule has 2 fully saturated rings. The molecular weight excluding hydrogens is 274 g/mol. The topological polar surface area (TPSA) is 37.3 Å². The molecule has 2 aliphatic heterocycles. The van der Waals surface area contributed by atoms with Gasteiger partial charge in [-0.15, -0.1) is 0 Å². The summed E-state index contributed by atoms with van der Waals surface area (Å²) in [6, 6.07) is 8.79. The lowest BCUT2D eigenvalue weighted by Crippen LogP contribution is -2.35. The largest absolute Gasteiger partial charge is 0.352 e. The van der Waals surface area contributed by atoms with Gasteiger partial charge < -0.3 is 14.8 Å². The minimum atomic E-state index is 0.0632. The Kier molecular flexibility index (Phi) is 3.41. The van der Waals surface area contributed by atoms with E-state index in [4.69, 9.17) is 0 Å². The molecule has 0 unspecified atom stereocenters. The van der Waals surface area contributed by atoms with Gasteiger partial charge >= 0.3 is 0 Å². The van der Waals surface area contributed by atoms with Gasteiger partial charge in [-0.3, -0.25) is 4.79 Å². The van der Waals surface area contributed by atoms with Crippen molar-refractivity contribution in [2.75, 3.05) is 19.6 Å². The number of aromatic nitrogens is 1. The predicted molar refractivity (Wildman–Crippen MR) is 88.0 cm³/mol. The summed E-state index contributed by atoms with van der Waals surface area (Å²) >= 11 is 0. The Morgan fingerprint density at radius 2 is 2.14 bits per heavy atom. The van der Waals surface area contributed by atoms with Crippen molar-refractivity contribution in [2.45, 2.75) is 25.3 Å². The molecule has 4 nitrogen and oxygen atoms in total. The quantitative estimate of drug-likeness (QED) is 0.944. The third-order valence-corrected chi connectivity index (χ3v) is 5.41. The summed E-state index contributed by atoms with van der Waals surface area (Å²) in [6.45, 7) is 3.27. The summed E-state index contributed by atoms with van der Waals surface area (Å²) < 4.78 is 2.03. The number of nitrogens with zero attached hydrogens (tertiary/aromatic N) is 2. The monoisotopic (exact) mass is 297 g/mol. The molecule has 0 saturated carbocycles. The van der Waals surface area contributed by atoms with Crippen LogP contribution in [0.1, 0.15) is 29.6 Å². The van der Waals surface area contributed by atoms with E-state index < -0.39 is 0 Å². The normalized spacial score (nSPS) is 24.8. The zero-order valence-corrected chi connectivity index (χ0v) is 13.1. The van der Waals surface area contributed by atoms with Crippen molar-refractivity contribution in [1.29, 1.82) is 0 Å². The van der Waals surface area contributed by atoms with Gasteiger partial charge in [0.05, 0.1) is 5.56 Å². The van der Waals surface area contributed by atoms with Gasteiger partial charge in [-0.1, -0.05) is 18.2 Å². The van der Waals surface area contributed by atoms with Crippen molar-refractivity contribution in [1.82, 2.24) is 14.8 Å². The second-order valence-corrected chi connectivity index (χ2v) is 6.68. The molecule has 1 aromatic carbocycles. The van der Waals surface area contributed by atoms with Crippen LogP contribution in [0.25, 0.3) is 10.9 Å². The first-order valence-electron chi connectivity index (χ1n) is 8.30. The molecule has 0 radical (unpaired) electrons. The number of aryl methyl sites for hydroxylation is 1. The lowest BCUT2D eigenvalue weighted by molar-refractivity contribution is 0.0946. The Balaban J connectivity index is 1.48. The minimum absolute atomic E-state index is 0.0632. The van der Waals surface area contributed by atoms with E-state index in [1.807, 2.05) is 36.0 Å². The first-order valence-corrected chi connectivity index (χ1v) is 8.30. The molecule has 1 amide bonds. The van der Waals surface area contributed by atoms with E-state index in [0.29, 0.717) is 12.0 Å². The molecule has 1 N–H and O–H groups in total. The average molecular weight is 297 g/mol. The van der Waals surface area contributed by atoms with Crippen molar-refractivity contribution in [3.63, 3.8) is 0 Å². The van der Waals surface area contributed by atoms with E-state index in [-0.39, 0.29) is 5.91 Å². The molecule has 0 bridgehead atoms. The Morgan fingerprint density at radius 3 is 3.05 bits per heavy atom. The Morgan fingerprint density at radius 1 is 1.27 bits per heavy atom. The van der Waals surface area contributed by atoms with E-state index in [1.165, 1.54) is 32.4 Å². The van der Waals surface area contributed by atoms with E-state index >= 15 is 0 Å². The van der Waals surface area contributed by atoms with E-state index in [1.54, 1.807) is 0 Å². The fourth-order valence-corrected chi connectivity index (χ4v) is 4.27. The molecule has 116 valence electrons. The molecule has 4 rings (SSSR count). The van der Waals surface area contributed by atoms with Gasteiger partial charge in [0.2, 0.25) is 0 Å². The second kappa shape index (κ2) is 5.43. The molecule has 22 heavy (non-hydrogen) atoms. The van der Waals surface area contributed by atoms with Crippen LogP contribution in [0.3, 0.4) is 0 Å². The SMILES string of the molecule is Cn1cc(C(=O)NC[C@@H]2CCN3CCC[C@@H]23)c2ccccc21. The maximum atomic E-state index is 12.6. The number of carbonyl (C=O) groups is 1. The number of benzene rings is 1. The van der Waals surface area contributed by atoms with Gasteiger partial charge in [0.15, 0.2) is 0 Å². The maximum absolute atomic E-state index is 12.6. The standard InChI is InChI=1S/C18H23N3O/c1-20-12-15(14-5-2-3-6-17(14)20)18(22)19-11-13-8-10-21-9-4-7-16(13)21/h2-3,5-6,12-13,16H,4,7-11H2,1H3,(H,19,22)/t13-,16-/m0/s1. The van der Waals surface area contributed by atoms with Crippen molar-refractivity contribution in [3.05, 3.63) is 36.0 Å². The summed E-state index contributed by atoms with van der Waals surface area (Å²) in [6.07, 6.45) is 5.78. The maximum Gasteiger partial charge on any atom is 0.253 e. The Bertz CT molecular complexity index is 705. The third kappa shape index (κ3) is 2.22. The molecule has 4 heteroatoms. The number of carbonyl (C=O) groups excluding carboxylic acids is 1.